The Balaban J connectivity index is 1.49. The fraction of sp³-hybridized carbons (Fsp3) is 0.259. The molecule has 0 aliphatic rings. The van der Waals surface area contributed by atoms with Gasteiger partial charge in [0.1, 0.15) is 5.82 Å². The molecular weight excluding hydrogens is 475 g/mol. The Bertz CT molecular complexity index is 1510. The molecule has 0 fully saturated rings. The first-order valence-corrected chi connectivity index (χ1v) is 12.8. The zero-order valence-corrected chi connectivity index (χ0v) is 21.0. The van der Waals surface area contributed by atoms with Crippen LogP contribution in [0.2, 0.25) is 0 Å². The molecule has 5 aromatic rings. The topological polar surface area (TPSA) is 79.7 Å². The van der Waals surface area contributed by atoms with E-state index in [0.717, 1.165) is 28.5 Å². The highest BCUT2D eigenvalue weighted by Gasteiger charge is 2.26. The van der Waals surface area contributed by atoms with Crippen molar-refractivity contribution in [3.05, 3.63) is 110 Å². The van der Waals surface area contributed by atoms with Crippen molar-refractivity contribution in [3.8, 4) is 0 Å². The molecular formula is C27H27FN6OS. The van der Waals surface area contributed by atoms with Crippen LogP contribution in [0.3, 0.4) is 0 Å². The number of halogens is 1. The number of tetrazole rings is 1. The number of thiophene rings is 1. The van der Waals surface area contributed by atoms with Crippen LogP contribution in [0.5, 0.6) is 0 Å². The lowest BCUT2D eigenvalue weighted by molar-refractivity contribution is 0.163. The van der Waals surface area contributed by atoms with Crippen LogP contribution in [0, 0.1) is 12.7 Å². The van der Waals surface area contributed by atoms with Crippen molar-refractivity contribution in [3.63, 3.8) is 0 Å². The van der Waals surface area contributed by atoms with Crippen LogP contribution in [0.25, 0.3) is 10.9 Å². The van der Waals surface area contributed by atoms with E-state index in [1.807, 2.05) is 37.3 Å². The summed E-state index contributed by atoms with van der Waals surface area (Å²) in [5.41, 5.74) is 3.45. The maximum Gasteiger partial charge on any atom is 0.252 e. The summed E-state index contributed by atoms with van der Waals surface area (Å²) in [6, 6.07) is 18.4. The van der Waals surface area contributed by atoms with Crippen LogP contribution in [0.15, 0.2) is 70.8 Å². The normalized spacial score (nSPS) is 12.4. The van der Waals surface area contributed by atoms with Gasteiger partial charge in [-0.25, -0.2) is 9.07 Å². The number of H-pyrrole nitrogens is 1. The molecule has 0 saturated heterocycles. The molecule has 3 heterocycles. The number of pyridine rings is 1. The summed E-state index contributed by atoms with van der Waals surface area (Å²) in [4.78, 5) is 19.6. The molecule has 0 aliphatic carbocycles. The van der Waals surface area contributed by atoms with Gasteiger partial charge in [-0.15, -0.1) is 16.4 Å². The summed E-state index contributed by atoms with van der Waals surface area (Å²) in [7, 11) is 0. The smallest absolute Gasteiger partial charge is 0.252 e. The summed E-state index contributed by atoms with van der Waals surface area (Å²) in [6.45, 7) is 5.64. The summed E-state index contributed by atoms with van der Waals surface area (Å²) < 4.78 is 15.1. The molecule has 7 nitrogen and oxygen atoms in total. The maximum absolute atomic E-state index is 13.4. The minimum Gasteiger partial charge on any atom is -0.322 e. The molecule has 184 valence electrons. The Kier molecular flexibility index (Phi) is 7.02. The van der Waals surface area contributed by atoms with Crippen molar-refractivity contribution in [2.75, 3.05) is 0 Å². The number of nitrogens with one attached hydrogen (secondary N) is 1. The van der Waals surface area contributed by atoms with Gasteiger partial charge in [-0.2, -0.15) is 0 Å². The zero-order valence-electron chi connectivity index (χ0n) is 20.2. The van der Waals surface area contributed by atoms with Gasteiger partial charge in [-0.05, 0) is 76.0 Å². The average Bonchev–Trinajstić information content (AvgIpc) is 3.54. The third-order valence-electron chi connectivity index (χ3n) is 6.32. The molecule has 0 bridgehead atoms. The van der Waals surface area contributed by atoms with E-state index < -0.39 is 0 Å². The fourth-order valence-electron chi connectivity index (χ4n) is 4.50. The molecule has 0 spiro atoms. The Labute approximate surface area is 212 Å². The first-order chi connectivity index (χ1) is 17.5. The van der Waals surface area contributed by atoms with E-state index in [1.54, 1.807) is 28.2 Å². The summed E-state index contributed by atoms with van der Waals surface area (Å²) >= 11 is 1.68. The Morgan fingerprint density at radius 3 is 2.69 bits per heavy atom. The number of aromatic nitrogens is 5. The first-order valence-electron chi connectivity index (χ1n) is 11.9. The predicted molar refractivity (Wildman–Crippen MR) is 139 cm³/mol. The Hall–Kier alpha value is -3.69. The van der Waals surface area contributed by atoms with Crippen molar-refractivity contribution in [2.24, 2.45) is 0 Å². The SMILES string of the molecule is CC[C@H](c1nnnn1Cc1ccc(F)cc1)N(Cc1cccs1)Cc1cc2ccc(C)cc2[nH]c1=O. The summed E-state index contributed by atoms with van der Waals surface area (Å²) in [6.07, 6.45) is 0.750. The summed E-state index contributed by atoms with van der Waals surface area (Å²) in [5.74, 6) is 0.436. The standard InChI is InChI=1S/C27H27FN6OS/c1-3-25(26-30-31-32-34(26)15-19-7-10-22(28)11-8-19)33(17-23-5-4-12-36-23)16-21-14-20-9-6-18(2)13-24(20)29-27(21)35/h4-14,25H,3,15-17H2,1-2H3,(H,29,35)/t25-/m1/s1. The number of benzene rings is 2. The van der Waals surface area contributed by atoms with Gasteiger partial charge in [-0.3, -0.25) is 9.69 Å². The highest BCUT2D eigenvalue weighted by Crippen LogP contribution is 2.28. The van der Waals surface area contributed by atoms with Gasteiger partial charge in [0, 0.05) is 29.0 Å². The van der Waals surface area contributed by atoms with Crippen LogP contribution in [-0.4, -0.2) is 30.1 Å². The largest absolute Gasteiger partial charge is 0.322 e. The van der Waals surface area contributed by atoms with Gasteiger partial charge in [0.25, 0.3) is 5.56 Å². The second kappa shape index (κ2) is 10.5. The van der Waals surface area contributed by atoms with E-state index >= 15 is 0 Å². The Morgan fingerprint density at radius 2 is 1.94 bits per heavy atom. The van der Waals surface area contributed by atoms with Gasteiger partial charge >= 0.3 is 0 Å². The van der Waals surface area contributed by atoms with Crippen LogP contribution in [0.1, 0.15) is 46.8 Å². The molecule has 2 aromatic carbocycles. The first kappa shape index (κ1) is 24.0. The second-order valence-corrected chi connectivity index (χ2v) is 9.98. The molecule has 1 N–H and O–H groups in total. The van der Waals surface area contributed by atoms with Gasteiger partial charge in [-0.1, -0.05) is 37.3 Å². The molecule has 0 aliphatic heterocycles. The molecule has 1 atom stereocenters. The lowest BCUT2D eigenvalue weighted by Gasteiger charge is -2.30. The minimum atomic E-state index is -0.278. The number of nitrogens with zero attached hydrogens (tertiary/aromatic N) is 5. The fourth-order valence-corrected chi connectivity index (χ4v) is 5.23. The lowest BCUT2D eigenvalue weighted by Crippen LogP contribution is -2.32. The monoisotopic (exact) mass is 502 g/mol. The van der Waals surface area contributed by atoms with Crippen molar-refractivity contribution in [2.45, 2.75) is 45.9 Å². The third-order valence-corrected chi connectivity index (χ3v) is 7.18. The van der Waals surface area contributed by atoms with Gasteiger partial charge in [0.05, 0.1) is 12.6 Å². The van der Waals surface area contributed by atoms with E-state index in [-0.39, 0.29) is 17.4 Å². The molecule has 3 aromatic heterocycles. The van der Waals surface area contributed by atoms with Gasteiger partial charge in [0.15, 0.2) is 5.82 Å². The molecule has 0 amide bonds. The van der Waals surface area contributed by atoms with Gasteiger partial charge < -0.3 is 4.98 Å². The zero-order chi connectivity index (χ0) is 25.1. The van der Waals surface area contributed by atoms with E-state index in [2.05, 4.69) is 43.8 Å². The molecule has 0 unspecified atom stereocenters. The number of aromatic amines is 1. The number of rotatable bonds is 9. The van der Waals surface area contributed by atoms with Crippen LogP contribution < -0.4 is 5.56 Å². The maximum atomic E-state index is 13.4. The number of hydrogen-bond donors (Lipinski definition) is 1. The highest BCUT2D eigenvalue weighted by molar-refractivity contribution is 7.09. The number of aryl methyl sites for hydroxylation is 1. The van der Waals surface area contributed by atoms with E-state index in [0.29, 0.717) is 31.0 Å². The number of fused-ring (bicyclic) bond motifs is 1. The van der Waals surface area contributed by atoms with Crippen LogP contribution in [-0.2, 0) is 19.6 Å². The van der Waals surface area contributed by atoms with E-state index in [4.69, 9.17) is 0 Å². The minimum absolute atomic E-state index is 0.0926. The molecule has 36 heavy (non-hydrogen) atoms. The molecule has 0 saturated carbocycles. The molecule has 5 rings (SSSR count). The van der Waals surface area contributed by atoms with Gasteiger partial charge in [0.2, 0.25) is 0 Å². The highest BCUT2D eigenvalue weighted by atomic mass is 32.1. The van der Waals surface area contributed by atoms with E-state index in [1.165, 1.54) is 17.0 Å². The summed E-state index contributed by atoms with van der Waals surface area (Å²) in [5, 5.41) is 15.6. The van der Waals surface area contributed by atoms with Crippen LogP contribution in [0.4, 0.5) is 4.39 Å². The van der Waals surface area contributed by atoms with Crippen molar-refractivity contribution in [1.82, 2.24) is 30.1 Å². The lowest BCUT2D eigenvalue weighted by atomic mass is 10.1. The molecule has 9 heteroatoms. The molecule has 0 radical (unpaired) electrons. The van der Waals surface area contributed by atoms with Crippen LogP contribution >= 0.6 is 11.3 Å². The average molecular weight is 503 g/mol. The third kappa shape index (κ3) is 5.27. The van der Waals surface area contributed by atoms with Crippen molar-refractivity contribution < 1.29 is 4.39 Å². The predicted octanol–water partition coefficient (Wildman–Crippen LogP) is 5.23. The quantitative estimate of drug-likeness (QED) is 0.299. The van der Waals surface area contributed by atoms with E-state index in [9.17, 15) is 9.18 Å². The second-order valence-electron chi connectivity index (χ2n) is 8.94. The Morgan fingerprint density at radius 1 is 1.11 bits per heavy atom. The number of hydrogen-bond acceptors (Lipinski definition) is 6. The van der Waals surface area contributed by atoms with Crippen molar-refractivity contribution in [1.29, 1.82) is 0 Å². The van der Waals surface area contributed by atoms with Crippen molar-refractivity contribution >= 4 is 22.2 Å².